The van der Waals surface area contributed by atoms with E-state index in [1.54, 1.807) is 18.4 Å². The third-order valence-corrected chi connectivity index (χ3v) is 9.53. The lowest BCUT2D eigenvalue weighted by atomic mass is 10.1. The molecule has 182 valence electrons. The van der Waals surface area contributed by atoms with E-state index in [0.29, 0.717) is 17.3 Å². The van der Waals surface area contributed by atoms with Crippen molar-refractivity contribution in [2.75, 3.05) is 19.0 Å². The Balaban J connectivity index is 1.01. The molecule has 1 aromatic heterocycles. The molecule has 4 aromatic rings. The van der Waals surface area contributed by atoms with Crippen LogP contribution in [0.5, 0.6) is 5.75 Å². The molecule has 2 aliphatic carbocycles. The lowest BCUT2D eigenvalue weighted by molar-refractivity contribution is 0.330. The highest BCUT2D eigenvalue weighted by molar-refractivity contribution is 8.14. The van der Waals surface area contributed by atoms with Crippen molar-refractivity contribution in [3.05, 3.63) is 83.4 Å². The van der Waals surface area contributed by atoms with E-state index >= 15 is 0 Å². The molecule has 7 rings (SSSR count). The molecular formula is C29H28N4OS2. The third kappa shape index (κ3) is 4.14. The summed E-state index contributed by atoms with van der Waals surface area (Å²) in [5.41, 5.74) is 6.39. The number of hydrogen-bond donors (Lipinski definition) is 1. The number of amidine groups is 1. The molecule has 0 radical (unpaired) electrons. The molecule has 36 heavy (non-hydrogen) atoms. The van der Waals surface area contributed by atoms with Crippen LogP contribution in [0.1, 0.15) is 35.6 Å². The molecule has 3 aromatic carbocycles. The van der Waals surface area contributed by atoms with Crippen LogP contribution in [-0.4, -0.2) is 40.0 Å². The van der Waals surface area contributed by atoms with Crippen LogP contribution in [-0.2, 0) is 12.8 Å². The summed E-state index contributed by atoms with van der Waals surface area (Å²) in [6.45, 7) is 0.846. The summed E-state index contributed by atoms with van der Waals surface area (Å²) >= 11 is 3.65. The van der Waals surface area contributed by atoms with Crippen LogP contribution < -0.4 is 10.1 Å². The van der Waals surface area contributed by atoms with Crippen molar-refractivity contribution < 1.29 is 4.74 Å². The van der Waals surface area contributed by atoms with Gasteiger partial charge in [-0.2, -0.15) is 0 Å². The maximum absolute atomic E-state index is 5.32. The Bertz CT molecular complexity index is 1440. The van der Waals surface area contributed by atoms with Crippen molar-refractivity contribution in [3.8, 4) is 5.75 Å². The summed E-state index contributed by atoms with van der Waals surface area (Å²) < 4.78 is 6.46. The van der Waals surface area contributed by atoms with Crippen molar-refractivity contribution >= 4 is 49.3 Å². The van der Waals surface area contributed by atoms with Gasteiger partial charge in [-0.1, -0.05) is 59.5 Å². The minimum Gasteiger partial charge on any atom is -0.497 e. The largest absolute Gasteiger partial charge is 0.497 e. The molecular weight excluding hydrogens is 484 g/mol. The van der Waals surface area contributed by atoms with Gasteiger partial charge < -0.3 is 15.0 Å². The fourth-order valence-corrected chi connectivity index (χ4v) is 7.78. The van der Waals surface area contributed by atoms with Gasteiger partial charge in [-0.3, -0.25) is 0 Å². The quantitative estimate of drug-likeness (QED) is 0.294. The number of benzene rings is 3. The van der Waals surface area contributed by atoms with Crippen LogP contribution >= 0.6 is 23.1 Å². The monoisotopic (exact) mass is 512 g/mol. The molecule has 0 spiro atoms. The van der Waals surface area contributed by atoms with Gasteiger partial charge in [0.15, 0.2) is 10.3 Å². The number of ether oxygens (including phenoxy) is 1. The summed E-state index contributed by atoms with van der Waals surface area (Å²) in [4.78, 5) is 12.4. The van der Waals surface area contributed by atoms with Gasteiger partial charge in [0.1, 0.15) is 5.75 Å². The second-order valence-electron chi connectivity index (χ2n) is 9.73. The Kier molecular flexibility index (Phi) is 5.62. The number of aliphatic imine (C=N–C) groups is 1. The van der Waals surface area contributed by atoms with Gasteiger partial charge >= 0.3 is 0 Å². The zero-order valence-corrected chi connectivity index (χ0v) is 21.8. The summed E-state index contributed by atoms with van der Waals surface area (Å²) in [7, 11) is 1.69. The number of hydrogen-bond acceptors (Lipinski definition) is 6. The Morgan fingerprint density at radius 1 is 1.08 bits per heavy atom. The van der Waals surface area contributed by atoms with Crippen LogP contribution in [0.25, 0.3) is 10.2 Å². The predicted molar refractivity (Wildman–Crippen MR) is 151 cm³/mol. The molecule has 0 amide bonds. The van der Waals surface area contributed by atoms with Crippen LogP contribution in [0.3, 0.4) is 0 Å². The van der Waals surface area contributed by atoms with Crippen molar-refractivity contribution in [1.82, 2.24) is 9.88 Å². The number of thiazole rings is 1. The summed E-state index contributed by atoms with van der Waals surface area (Å²) in [6, 6.07) is 24.9. The number of thioether (sulfide) groups is 1. The molecule has 1 aliphatic heterocycles. The molecule has 5 nitrogen and oxygen atoms in total. The van der Waals surface area contributed by atoms with Gasteiger partial charge in [0.25, 0.3) is 0 Å². The molecule has 7 heteroatoms. The van der Waals surface area contributed by atoms with Gasteiger partial charge in [0, 0.05) is 17.8 Å². The molecule has 3 aliphatic rings. The maximum Gasteiger partial charge on any atom is 0.183 e. The first kappa shape index (κ1) is 22.2. The zero-order valence-electron chi connectivity index (χ0n) is 20.2. The Labute approximate surface area is 219 Å². The van der Waals surface area contributed by atoms with E-state index in [4.69, 9.17) is 9.73 Å². The van der Waals surface area contributed by atoms with Crippen molar-refractivity contribution in [2.24, 2.45) is 4.99 Å². The fourth-order valence-electron chi connectivity index (χ4n) is 5.38. The summed E-state index contributed by atoms with van der Waals surface area (Å²) in [5, 5.41) is 6.23. The van der Waals surface area contributed by atoms with Gasteiger partial charge in [0.05, 0.1) is 29.1 Å². The smallest absolute Gasteiger partial charge is 0.183 e. The van der Waals surface area contributed by atoms with Gasteiger partial charge in [-0.05, 0) is 72.7 Å². The zero-order chi connectivity index (χ0) is 24.1. The van der Waals surface area contributed by atoms with Crippen LogP contribution in [0.2, 0.25) is 0 Å². The molecule has 1 unspecified atom stereocenters. The molecule has 1 N–H and O–H groups in total. The van der Waals surface area contributed by atoms with Crippen LogP contribution in [0.15, 0.2) is 71.7 Å². The number of fused-ring (bicyclic) bond motifs is 4. The second-order valence-corrected chi connectivity index (χ2v) is 12.0. The first-order valence-corrected chi connectivity index (χ1v) is 14.3. The van der Waals surface area contributed by atoms with Crippen molar-refractivity contribution in [2.45, 2.75) is 43.0 Å². The SMILES string of the molecule is COc1ccc2nc(NCCc3ccc(N=C4SC5Cc6ccccc6[C@@H]5N4C4CC4)cc3)sc2c1. The average Bonchev–Trinajstić information content (AvgIpc) is 3.42. The number of rotatable bonds is 7. The maximum atomic E-state index is 5.32. The molecule has 1 saturated carbocycles. The highest BCUT2D eigenvalue weighted by atomic mass is 32.2. The minimum absolute atomic E-state index is 0.492. The average molecular weight is 513 g/mol. The van der Waals surface area contributed by atoms with Crippen LogP contribution in [0, 0.1) is 0 Å². The first-order valence-electron chi connectivity index (χ1n) is 12.6. The Morgan fingerprint density at radius 3 is 2.78 bits per heavy atom. The predicted octanol–water partition coefficient (Wildman–Crippen LogP) is 6.82. The van der Waals surface area contributed by atoms with Crippen LogP contribution in [0.4, 0.5) is 10.8 Å². The highest BCUT2D eigenvalue weighted by Crippen LogP contribution is 2.53. The lowest BCUT2D eigenvalue weighted by Crippen LogP contribution is -2.30. The second kappa shape index (κ2) is 9.12. The third-order valence-electron chi connectivity index (χ3n) is 7.31. The molecule has 1 saturated heterocycles. The highest BCUT2D eigenvalue weighted by Gasteiger charge is 2.50. The van der Waals surface area contributed by atoms with E-state index in [-0.39, 0.29) is 0 Å². The minimum atomic E-state index is 0.492. The molecule has 0 bridgehead atoms. The fraction of sp³-hybridized carbons (Fsp3) is 0.310. The van der Waals surface area contributed by atoms with E-state index in [9.17, 15) is 0 Å². The molecule has 2 heterocycles. The van der Waals surface area contributed by atoms with Crippen molar-refractivity contribution in [1.29, 1.82) is 0 Å². The number of nitrogens with zero attached hydrogens (tertiary/aromatic N) is 3. The van der Waals surface area contributed by atoms with E-state index in [1.807, 2.05) is 30.0 Å². The first-order chi connectivity index (χ1) is 17.7. The van der Waals surface area contributed by atoms with E-state index in [0.717, 1.165) is 46.2 Å². The van der Waals surface area contributed by atoms with E-state index < -0.39 is 0 Å². The van der Waals surface area contributed by atoms with Crippen molar-refractivity contribution in [3.63, 3.8) is 0 Å². The van der Waals surface area contributed by atoms with Gasteiger partial charge in [-0.25, -0.2) is 9.98 Å². The van der Waals surface area contributed by atoms with Gasteiger partial charge in [-0.15, -0.1) is 0 Å². The molecule has 2 fully saturated rings. The van der Waals surface area contributed by atoms with Gasteiger partial charge in [0.2, 0.25) is 0 Å². The normalized spacial score (nSPS) is 21.7. The standard InChI is InChI=1S/C29H28N4OS2/c1-34-22-12-13-24-25(17-22)35-28(32-24)30-15-14-18-6-8-20(9-7-18)31-29-33(21-10-11-21)27-23-5-3-2-4-19(23)16-26(27)36-29/h2-9,12-13,17,21,26-27H,10-11,14-16H2,1H3,(H,30,32)/t26?,27-/m0/s1. The number of anilines is 1. The number of nitrogens with one attached hydrogen (secondary N) is 1. The summed E-state index contributed by atoms with van der Waals surface area (Å²) in [5.74, 6) is 0.866. The summed E-state index contributed by atoms with van der Waals surface area (Å²) in [6.07, 6.45) is 4.68. The Hall–Kier alpha value is -3.03. The number of aromatic nitrogens is 1. The topological polar surface area (TPSA) is 49.8 Å². The van der Waals surface area contributed by atoms with E-state index in [1.165, 1.54) is 34.7 Å². The Morgan fingerprint density at radius 2 is 1.94 bits per heavy atom. The molecule has 2 atom stereocenters. The van der Waals surface area contributed by atoms with E-state index in [2.05, 4.69) is 63.7 Å². The number of methoxy groups -OCH3 is 1. The lowest BCUT2D eigenvalue weighted by Gasteiger charge is -2.26.